The highest BCUT2D eigenvalue weighted by Gasteiger charge is 2.62. The Balaban J connectivity index is 2.19. The number of rotatable bonds is 8. The molecule has 0 bridgehead atoms. The molecule has 1 saturated heterocycles. The number of carbonyl (C=O) groups is 2. The number of esters is 1. The van der Waals surface area contributed by atoms with Crippen LogP contribution in [0.1, 0.15) is 111 Å². The third kappa shape index (κ3) is 5.55. The monoisotopic (exact) mass is 558 g/mol. The van der Waals surface area contributed by atoms with Gasteiger partial charge in [-0.1, -0.05) is 55.4 Å². The first-order valence-corrected chi connectivity index (χ1v) is 15.1. The molecule has 0 saturated carbocycles. The summed E-state index contributed by atoms with van der Waals surface area (Å²) in [5, 5.41) is 0. The lowest BCUT2D eigenvalue weighted by Crippen LogP contribution is -2.65. The maximum atomic E-state index is 13.7. The van der Waals surface area contributed by atoms with E-state index >= 15 is 0 Å². The van der Waals surface area contributed by atoms with Crippen molar-refractivity contribution in [3.63, 3.8) is 0 Å². The minimum atomic E-state index is -1.34. The third-order valence-electron chi connectivity index (χ3n) is 9.32. The predicted molar refractivity (Wildman–Crippen MR) is 155 cm³/mol. The Bertz CT molecular complexity index is 1210. The van der Waals surface area contributed by atoms with Crippen molar-refractivity contribution in [3.8, 4) is 0 Å². The summed E-state index contributed by atoms with van der Waals surface area (Å²) >= 11 is 0. The first-order chi connectivity index (χ1) is 18.6. The smallest absolute Gasteiger partial charge is 0.306 e. The van der Waals surface area contributed by atoms with Gasteiger partial charge in [-0.15, -0.1) is 0 Å². The molecule has 7 nitrogen and oxygen atoms in total. The summed E-state index contributed by atoms with van der Waals surface area (Å²) in [6.45, 7) is 23.2. The molecule has 0 N–H and O–H groups in total. The molecule has 1 spiro atoms. The van der Waals surface area contributed by atoms with Crippen LogP contribution in [0, 0.1) is 43.4 Å². The number of ketones is 1. The van der Waals surface area contributed by atoms with Crippen LogP contribution in [-0.4, -0.2) is 29.7 Å². The maximum Gasteiger partial charge on any atom is 0.306 e. The number of ether oxygens (including phenoxy) is 3. The molecule has 0 amide bonds. The lowest BCUT2D eigenvalue weighted by molar-refractivity contribution is -0.347. The molecule has 0 aromatic carbocycles. The molecule has 8 atom stereocenters. The fourth-order valence-corrected chi connectivity index (χ4v) is 6.56. The number of aryl methyl sites for hydroxylation is 1. The van der Waals surface area contributed by atoms with Gasteiger partial charge >= 0.3 is 5.97 Å². The van der Waals surface area contributed by atoms with Crippen LogP contribution in [0.3, 0.4) is 0 Å². The van der Waals surface area contributed by atoms with E-state index in [1.165, 1.54) is 0 Å². The van der Waals surface area contributed by atoms with Crippen LogP contribution in [0.5, 0.6) is 0 Å². The van der Waals surface area contributed by atoms with Crippen molar-refractivity contribution in [2.75, 3.05) is 0 Å². The minimum absolute atomic E-state index is 0.0192. The van der Waals surface area contributed by atoms with Gasteiger partial charge < -0.3 is 18.6 Å². The number of hydrogen-bond acceptors (Lipinski definition) is 7. The average Bonchev–Trinajstić information content (AvgIpc) is 2.91. The van der Waals surface area contributed by atoms with E-state index in [0.717, 1.165) is 6.42 Å². The van der Waals surface area contributed by atoms with Crippen LogP contribution in [-0.2, 0) is 30.2 Å². The van der Waals surface area contributed by atoms with Crippen molar-refractivity contribution in [2.24, 2.45) is 29.6 Å². The highest BCUT2D eigenvalue weighted by molar-refractivity contribution is 5.98. The molecule has 224 valence electrons. The molecule has 1 fully saturated rings. The molecule has 3 rings (SSSR count). The zero-order chi connectivity index (χ0) is 30.3. The van der Waals surface area contributed by atoms with Gasteiger partial charge in [0.25, 0.3) is 0 Å². The molecule has 1 aromatic heterocycles. The van der Waals surface area contributed by atoms with E-state index in [1.807, 2.05) is 62.3 Å². The summed E-state index contributed by atoms with van der Waals surface area (Å²) in [6.07, 6.45) is 0.573. The second kappa shape index (κ2) is 12.2. The van der Waals surface area contributed by atoms with Crippen LogP contribution in [0.2, 0.25) is 0 Å². The summed E-state index contributed by atoms with van der Waals surface area (Å²) in [7, 11) is 0. The zero-order valence-corrected chi connectivity index (χ0v) is 26.6. The SMILES string of the molecule is CCc1oc([C@H](C)[C@@H]2O[C@@]3(OC([C@H](C)CC)=C(C)C(=O)[C@@H]3C)[C@@H](C)[C@@H](OC(=O)CC(C)C)[C@@H]2C)c(C)c(=O)c1C. The van der Waals surface area contributed by atoms with E-state index in [4.69, 9.17) is 18.6 Å². The summed E-state index contributed by atoms with van der Waals surface area (Å²) in [5.74, 6) is -1.30. The quantitative estimate of drug-likeness (QED) is 0.324. The molecule has 40 heavy (non-hydrogen) atoms. The predicted octanol–water partition coefficient (Wildman–Crippen LogP) is 6.80. The molecule has 3 heterocycles. The highest BCUT2D eigenvalue weighted by Crippen LogP contribution is 2.52. The Hall–Kier alpha value is -2.41. The number of carbonyl (C=O) groups excluding carboxylic acids is 2. The van der Waals surface area contributed by atoms with E-state index in [9.17, 15) is 14.4 Å². The van der Waals surface area contributed by atoms with Gasteiger partial charge in [-0.3, -0.25) is 14.4 Å². The molecular weight excluding hydrogens is 508 g/mol. The van der Waals surface area contributed by atoms with Crippen molar-refractivity contribution in [1.29, 1.82) is 0 Å². The van der Waals surface area contributed by atoms with Crippen LogP contribution < -0.4 is 5.43 Å². The Morgan fingerprint density at radius 2 is 1.62 bits per heavy atom. The lowest BCUT2D eigenvalue weighted by Gasteiger charge is -2.56. The largest absolute Gasteiger partial charge is 0.465 e. The van der Waals surface area contributed by atoms with E-state index in [1.54, 1.807) is 13.8 Å². The van der Waals surface area contributed by atoms with Crippen molar-refractivity contribution in [1.82, 2.24) is 0 Å². The molecule has 0 radical (unpaired) electrons. The van der Waals surface area contributed by atoms with E-state index in [2.05, 4.69) is 6.92 Å². The molecule has 7 heteroatoms. The first-order valence-electron chi connectivity index (χ1n) is 15.1. The fourth-order valence-electron chi connectivity index (χ4n) is 6.56. The Kier molecular flexibility index (Phi) is 9.81. The normalized spacial score (nSPS) is 30.4. The molecular formula is C33H50O7. The summed E-state index contributed by atoms with van der Waals surface area (Å²) < 4.78 is 26.3. The van der Waals surface area contributed by atoms with E-state index in [-0.39, 0.29) is 40.9 Å². The van der Waals surface area contributed by atoms with Crippen molar-refractivity contribution < 1.29 is 28.2 Å². The van der Waals surface area contributed by atoms with Crippen LogP contribution in [0.25, 0.3) is 0 Å². The van der Waals surface area contributed by atoms with Gasteiger partial charge in [-0.05, 0) is 40.0 Å². The highest BCUT2D eigenvalue weighted by atomic mass is 16.7. The van der Waals surface area contributed by atoms with E-state index < -0.39 is 29.8 Å². The number of Topliss-reactive ketones (excluding diaryl/α,β-unsaturated/α-hetero) is 1. The first kappa shape index (κ1) is 32.1. The second-order valence-corrected chi connectivity index (χ2v) is 12.6. The Labute approximate surface area is 240 Å². The van der Waals surface area contributed by atoms with Crippen molar-refractivity contribution >= 4 is 11.8 Å². The Morgan fingerprint density at radius 1 is 1.00 bits per heavy atom. The van der Waals surface area contributed by atoms with Gasteiger partial charge in [0.2, 0.25) is 5.79 Å². The standard InChI is InChI=1S/C33H50O7/c1-13-17(5)29-20(8)28(36)23(11)33(39-29)24(12)32(38-26(34)15-16(3)4)22(10)31(40-33)21(9)30-19(7)27(35)18(6)25(14-2)37-30/h16-17,21-24,31-32H,13-15H2,1-12H3/t17-,21+,22-,23+,24+,31+,32+,33-/m1/s1. The molecule has 0 aliphatic carbocycles. The molecule has 0 unspecified atom stereocenters. The molecule has 1 aromatic rings. The maximum absolute atomic E-state index is 13.7. The van der Waals surface area contributed by atoms with Crippen LogP contribution in [0.4, 0.5) is 0 Å². The average molecular weight is 559 g/mol. The summed E-state index contributed by atoms with van der Waals surface area (Å²) in [6, 6.07) is 0. The lowest BCUT2D eigenvalue weighted by atomic mass is 9.70. The third-order valence-corrected chi connectivity index (χ3v) is 9.32. The zero-order valence-electron chi connectivity index (χ0n) is 26.6. The number of hydrogen-bond donors (Lipinski definition) is 0. The van der Waals surface area contributed by atoms with Gasteiger partial charge in [-0.2, -0.15) is 0 Å². The van der Waals surface area contributed by atoms with Gasteiger partial charge in [0.05, 0.1) is 17.9 Å². The van der Waals surface area contributed by atoms with Crippen LogP contribution in [0.15, 0.2) is 20.5 Å². The second-order valence-electron chi connectivity index (χ2n) is 12.6. The fraction of sp³-hybridized carbons (Fsp3) is 0.727. The Morgan fingerprint density at radius 3 is 2.17 bits per heavy atom. The van der Waals surface area contributed by atoms with Gasteiger partial charge in [0, 0.05) is 47.3 Å². The van der Waals surface area contributed by atoms with Crippen LogP contribution >= 0.6 is 0 Å². The number of allylic oxidation sites excluding steroid dienone is 2. The molecule has 2 aliphatic rings. The molecule has 2 aliphatic heterocycles. The van der Waals surface area contributed by atoms with Gasteiger partial charge in [0.1, 0.15) is 23.4 Å². The van der Waals surface area contributed by atoms with Crippen molar-refractivity contribution in [2.45, 2.75) is 126 Å². The van der Waals surface area contributed by atoms with Crippen molar-refractivity contribution in [3.05, 3.63) is 44.2 Å². The summed E-state index contributed by atoms with van der Waals surface area (Å²) in [5.41, 5.74) is 1.75. The van der Waals surface area contributed by atoms with Gasteiger partial charge in [-0.25, -0.2) is 0 Å². The topological polar surface area (TPSA) is 92.0 Å². The van der Waals surface area contributed by atoms with Gasteiger partial charge in [0.15, 0.2) is 11.2 Å². The van der Waals surface area contributed by atoms with E-state index in [0.29, 0.717) is 46.8 Å². The summed E-state index contributed by atoms with van der Waals surface area (Å²) in [4.78, 5) is 39.9. The minimum Gasteiger partial charge on any atom is -0.465 e.